The van der Waals surface area contributed by atoms with Crippen molar-refractivity contribution >= 4 is 17.7 Å². The molecule has 1 aliphatic rings. The Morgan fingerprint density at radius 3 is 2.65 bits per heavy atom. The van der Waals surface area contributed by atoms with E-state index in [0.717, 1.165) is 0 Å². The van der Waals surface area contributed by atoms with Crippen molar-refractivity contribution < 1.29 is 14.7 Å². The number of hydrogen-bond acceptors (Lipinski definition) is 4. The molecule has 0 saturated heterocycles. The molecule has 0 unspecified atom stereocenters. The average molecular weight is 235 g/mol. The van der Waals surface area contributed by atoms with E-state index in [1.807, 2.05) is 0 Å². The first-order chi connectivity index (χ1) is 7.96. The van der Waals surface area contributed by atoms with Crippen LogP contribution in [0.25, 0.3) is 0 Å². The number of anilines is 1. The third-order valence-corrected chi connectivity index (χ3v) is 2.92. The molecular formula is C11H13N3O3. The number of carbonyl (C=O) groups is 2. The van der Waals surface area contributed by atoms with Gasteiger partial charge in [-0.05, 0) is 31.4 Å². The van der Waals surface area contributed by atoms with Crippen molar-refractivity contribution in [2.24, 2.45) is 5.73 Å². The molecule has 0 bridgehead atoms. The second kappa shape index (κ2) is 3.73. The second-order valence-electron chi connectivity index (χ2n) is 4.23. The number of nitrogens with zero attached hydrogens (tertiary/aromatic N) is 1. The van der Waals surface area contributed by atoms with Crippen molar-refractivity contribution in [1.29, 1.82) is 0 Å². The molecule has 1 aromatic rings. The van der Waals surface area contributed by atoms with E-state index in [2.05, 4.69) is 10.3 Å². The van der Waals surface area contributed by atoms with Gasteiger partial charge in [0.25, 0.3) is 5.91 Å². The lowest BCUT2D eigenvalue weighted by Crippen LogP contribution is -2.33. The number of amides is 1. The fourth-order valence-electron chi connectivity index (χ4n) is 1.71. The van der Waals surface area contributed by atoms with Gasteiger partial charge in [0.2, 0.25) is 0 Å². The highest BCUT2D eigenvalue weighted by Gasteiger charge is 2.51. The van der Waals surface area contributed by atoms with Crippen molar-refractivity contribution in [3.63, 3.8) is 0 Å². The van der Waals surface area contributed by atoms with Crippen LogP contribution in [0.15, 0.2) is 12.3 Å². The lowest BCUT2D eigenvalue weighted by atomic mass is 10.1. The highest BCUT2D eigenvalue weighted by Crippen LogP contribution is 2.39. The summed E-state index contributed by atoms with van der Waals surface area (Å²) < 4.78 is 0. The zero-order valence-electron chi connectivity index (χ0n) is 9.36. The molecule has 0 spiro atoms. The van der Waals surface area contributed by atoms with Crippen molar-refractivity contribution in [3.05, 3.63) is 23.4 Å². The highest BCUT2D eigenvalue weighted by atomic mass is 16.4. The van der Waals surface area contributed by atoms with Crippen LogP contribution in [0.3, 0.4) is 0 Å². The Balaban J connectivity index is 2.37. The number of carbonyl (C=O) groups excluding carboxylic acids is 1. The summed E-state index contributed by atoms with van der Waals surface area (Å²) in [5, 5.41) is 11.9. The molecule has 1 saturated carbocycles. The number of carboxylic acid groups (broad SMARTS) is 1. The van der Waals surface area contributed by atoms with Crippen molar-refractivity contribution in [1.82, 2.24) is 4.98 Å². The topological polar surface area (TPSA) is 105 Å². The number of rotatable bonds is 4. The molecular weight excluding hydrogens is 222 g/mol. The van der Waals surface area contributed by atoms with E-state index in [1.54, 1.807) is 13.0 Å². The Labute approximate surface area is 97.8 Å². The fraction of sp³-hybridized carbons (Fsp3) is 0.364. The number of primary amides is 1. The third-order valence-electron chi connectivity index (χ3n) is 2.92. The largest absolute Gasteiger partial charge is 0.480 e. The van der Waals surface area contributed by atoms with Gasteiger partial charge in [-0.3, -0.25) is 4.79 Å². The standard InChI is InChI=1S/C11H13N3O3/c1-6-2-5-13-9(7(6)8(12)15)14-11(3-4-11)10(16)17/h2,5H,3-4H2,1H3,(H2,12,15)(H,13,14)(H,16,17). The van der Waals surface area contributed by atoms with Crippen LogP contribution in [0.1, 0.15) is 28.8 Å². The maximum absolute atomic E-state index is 11.3. The van der Waals surface area contributed by atoms with Crippen LogP contribution in [0.4, 0.5) is 5.82 Å². The molecule has 1 aliphatic carbocycles. The van der Waals surface area contributed by atoms with Crippen LogP contribution >= 0.6 is 0 Å². The Bertz CT molecular complexity index is 495. The van der Waals surface area contributed by atoms with E-state index in [-0.39, 0.29) is 11.4 Å². The molecule has 0 radical (unpaired) electrons. The summed E-state index contributed by atoms with van der Waals surface area (Å²) in [7, 11) is 0. The molecule has 1 amide bonds. The third kappa shape index (κ3) is 1.93. The first kappa shape index (κ1) is 11.4. The Hall–Kier alpha value is -2.11. The molecule has 1 fully saturated rings. The van der Waals surface area contributed by atoms with Gasteiger partial charge >= 0.3 is 5.97 Å². The first-order valence-corrected chi connectivity index (χ1v) is 5.23. The summed E-state index contributed by atoms with van der Waals surface area (Å²) in [5.74, 6) is -1.30. The molecule has 2 rings (SSSR count). The number of aryl methyl sites for hydroxylation is 1. The van der Waals surface area contributed by atoms with Crippen LogP contribution in [0, 0.1) is 6.92 Å². The molecule has 4 N–H and O–H groups in total. The summed E-state index contributed by atoms with van der Waals surface area (Å²) >= 11 is 0. The molecule has 90 valence electrons. The molecule has 6 nitrogen and oxygen atoms in total. The van der Waals surface area contributed by atoms with E-state index in [0.29, 0.717) is 18.4 Å². The SMILES string of the molecule is Cc1ccnc(NC2(C(=O)O)CC2)c1C(N)=O. The zero-order chi connectivity index (χ0) is 12.6. The Kier molecular flexibility index (Phi) is 2.49. The number of carboxylic acids is 1. The Morgan fingerprint density at radius 2 is 2.18 bits per heavy atom. The summed E-state index contributed by atoms with van der Waals surface area (Å²) in [6.07, 6.45) is 2.56. The number of hydrogen-bond donors (Lipinski definition) is 3. The van der Waals surface area contributed by atoms with Crippen LogP contribution in [-0.4, -0.2) is 27.5 Å². The number of nitrogens with two attached hydrogens (primary N) is 1. The van der Waals surface area contributed by atoms with Gasteiger partial charge < -0.3 is 16.2 Å². The number of aliphatic carboxylic acids is 1. The van der Waals surface area contributed by atoms with E-state index in [1.165, 1.54) is 6.20 Å². The number of nitrogens with one attached hydrogen (secondary N) is 1. The van der Waals surface area contributed by atoms with Gasteiger partial charge in [-0.15, -0.1) is 0 Å². The van der Waals surface area contributed by atoms with Crippen LogP contribution in [0.5, 0.6) is 0 Å². The van der Waals surface area contributed by atoms with Gasteiger partial charge in [0, 0.05) is 6.20 Å². The van der Waals surface area contributed by atoms with Gasteiger partial charge in [-0.25, -0.2) is 9.78 Å². The number of pyridine rings is 1. The van der Waals surface area contributed by atoms with E-state index < -0.39 is 17.4 Å². The fourth-order valence-corrected chi connectivity index (χ4v) is 1.71. The monoisotopic (exact) mass is 235 g/mol. The minimum Gasteiger partial charge on any atom is -0.480 e. The average Bonchev–Trinajstić information content (AvgIpc) is 2.98. The zero-order valence-corrected chi connectivity index (χ0v) is 9.36. The quantitative estimate of drug-likeness (QED) is 0.705. The van der Waals surface area contributed by atoms with Crippen LogP contribution in [-0.2, 0) is 4.79 Å². The maximum Gasteiger partial charge on any atom is 0.329 e. The molecule has 6 heteroatoms. The predicted molar refractivity (Wildman–Crippen MR) is 60.7 cm³/mol. The smallest absolute Gasteiger partial charge is 0.329 e. The summed E-state index contributed by atoms with van der Waals surface area (Å²) in [6, 6.07) is 1.66. The lowest BCUT2D eigenvalue weighted by molar-refractivity contribution is -0.138. The molecule has 1 heterocycles. The second-order valence-corrected chi connectivity index (χ2v) is 4.23. The molecule has 0 aliphatic heterocycles. The first-order valence-electron chi connectivity index (χ1n) is 5.23. The van der Waals surface area contributed by atoms with E-state index in [4.69, 9.17) is 10.8 Å². The lowest BCUT2D eigenvalue weighted by Gasteiger charge is -2.16. The van der Waals surface area contributed by atoms with E-state index >= 15 is 0 Å². The van der Waals surface area contributed by atoms with Crippen molar-refractivity contribution in [3.8, 4) is 0 Å². The van der Waals surface area contributed by atoms with Gasteiger partial charge in [0.15, 0.2) is 0 Å². The van der Waals surface area contributed by atoms with Crippen molar-refractivity contribution in [2.45, 2.75) is 25.3 Å². The summed E-state index contributed by atoms with van der Waals surface area (Å²) in [6.45, 7) is 1.73. The normalized spacial score (nSPS) is 16.3. The number of aromatic nitrogens is 1. The van der Waals surface area contributed by atoms with Crippen LogP contribution in [0.2, 0.25) is 0 Å². The molecule has 0 atom stereocenters. The summed E-state index contributed by atoms with van der Waals surface area (Å²) in [4.78, 5) is 26.4. The van der Waals surface area contributed by atoms with Gasteiger partial charge in [0.1, 0.15) is 11.4 Å². The maximum atomic E-state index is 11.3. The Morgan fingerprint density at radius 1 is 1.53 bits per heavy atom. The molecule has 17 heavy (non-hydrogen) atoms. The minimum atomic E-state index is -0.981. The van der Waals surface area contributed by atoms with Crippen LogP contribution < -0.4 is 11.1 Å². The van der Waals surface area contributed by atoms with Gasteiger partial charge in [-0.2, -0.15) is 0 Å². The molecule has 0 aromatic carbocycles. The van der Waals surface area contributed by atoms with Gasteiger partial charge in [-0.1, -0.05) is 0 Å². The highest BCUT2D eigenvalue weighted by molar-refractivity contribution is 6.00. The minimum absolute atomic E-state index is 0.248. The summed E-state index contributed by atoms with van der Waals surface area (Å²) in [5.41, 5.74) is 5.21. The predicted octanol–water partition coefficient (Wildman–Crippen LogP) is 0.518. The van der Waals surface area contributed by atoms with Crippen molar-refractivity contribution in [2.75, 3.05) is 5.32 Å². The van der Waals surface area contributed by atoms with Gasteiger partial charge in [0.05, 0.1) is 5.56 Å². The molecule has 1 aromatic heterocycles. The van der Waals surface area contributed by atoms with E-state index in [9.17, 15) is 9.59 Å².